The van der Waals surface area contributed by atoms with Crippen molar-refractivity contribution >= 4 is 11.0 Å². The number of hydrogen-bond donors (Lipinski definition) is 10. The summed E-state index contributed by atoms with van der Waals surface area (Å²) in [6.07, 6.45) is -14.6. The lowest BCUT2D eigenvalue weighted by atomic mass is 9.98. The molecule has 0 amide bonds. The third-order valence-corrected chi connectivity index (χ3v) is 6.87. The van der Waals surface area contributed by atoms with Gasteiger partial charge in [-0.25, -0.2) is 4.42 Å². The molecule has 5 rings (SSSR count). The predicted molar refractivity (Wildman–Crippen MR) is 134 cm³/mol. The summed E-state index contributed by atoms with van der Waals surface area (Å²) < 4.78 is 28.5. The van der Waals surface area contributed by atoms with Crippen LogP contribution in [0.15, 0.2) is 40.8 Å². The number of phenols is 4. The summed E-state index contributed by atoms with van der Waals surface area (Å²) in [6.45, 7) is -1.18. The van der Waals surface area contributed by atoms with Crippen LogP contribution < -0.4 is 4.74 Å². The zero-order chi connectivity index (χ0) is 29.6. The molecular formula is C26H29O15+. The molecule has 41 heavy (non-hydrogen) atoms. The van der Waals surface area contributed by atoms with Crippen LogP contribution in [0.25, 0.3) is 22.3 Å². The van der Waals surface area contributed by atoms with Crippen molar-refractivity contribution in [2.24, 2.45) is 0 Å². The highest BCUT2D eigenvalue weighted by Crippen LogP contribution is 2.42. The Balaban J connectivity index is 1.57. The Hall–Kier alpha value is -3.51. The topological polar surface area (TPSA) is 251 Å². The summed E-state index contributed by atoms with van der Waals surface area (Å²) in [5.74, 6) is -1.98. The summed E-state index contributed by atoms with van der Waals surface area (Å²) in [4.78, 5) is 0. The van der Waals surface area contributed by atoms with Crippen LogP contribution in [0.3, 0.4) is 0 Å². The van der Waals surface area contributed by atoms with E-state index in [1.54, 1.807) is 0 Å². The molecule has 0 spiro atoms. The van der Waals surface area contributed by atoms with Crippen LogP contribution in [0.5, 0.6) is 28.7 Å². The largest absolute Gasteiger partial charge is 0.507 e. The fourth-order valence-corrected chi connectivity index (χ4v) is 4.61. The summed E-state index contributed by atoms with van der Waals surface area (Å²) in [5, 5.41) is 101. The fourth-order valence-electron chi connectivity index (χ4n) is 4.61. The van der Waals surface area contributed by atoms with Gasteiger partial charge in [0, 0.05) is 18.2 Å². The molecule has 2 fully saturated rings. The van der Waals surface area contributed by atoms with Gasteiger partial charge >= 0.3 is 11.3 Å². The van der Waals surface area contributed by atoms with E-state index in [1.807, 2.05) is 0 Å². The van der Waals surface area contributed by atoms with Gasteiger partial charge < -0.3 is 70.0 Å². The van der Waals surface area contributed by atoms with Gasteiger partial charge in [0.2, 0.25) is 12.0 Å². The van der Waals surface area contributed by atoms with Crippen LogP contribution in [0.2, 0.25) is 0 Å². The molecule has 9 atom stereocenters. The first-order chi connectivity index (χ1) is 19.5. The Kier molecular flexibility index (Phi) is 8.06. The lowest BCUT2D eigenvalue weighted by molar-refractivity contribution is -0.344. The van der Waals surface area contributed by atoms with Crippen LogP contribution in [0.4, 0.5) is 0 Å². The van der Waals surface area contributed by atoms with E-state index in [0.717, 1.165) is 12.1 Å². The van der Waals surface area contributed by atoms with Gasteiger partial charge in [0.15, 0.2) is 23.9 Å². The summed E-state index contributed by atoms with van der Waals surface area (Å²) >= 11 is 0. The maximum atomic E-state index is 10.9. The number of aliphatic hydroxyl groups excluding tert-OH is 6. The summed E-state index contributed by atoms with van der Waals surface area (Å²) in [6, 6.07) is 7.19. The molecule has 2 aliphatic rings. The zero-order valence-corrected chi connectivity index (χ0v) is 21.1. The Labute approximate surface area is 230 Å². The summed E-state index contributed by atoms with van der Waals surface area (Å²) in [5.41, 5.74) is 0.139. The normalized spacial score (nSPS) is 32.2. The number of aromatic hydroxyl groups is 4. The second-order valence-electron chi connectivity index (χ2n) is 9.70. The van der Waals surface area contributed by atoms with Crippen LogP contribution in [-0.4, -0.2) is 120 Å². The molecule has 0 aliphatic carbocycles. The molecule has 0 radical (unpaired) electrons. The van der Waals surface area contributed by atoms with Crippen molar-refractivity contribution in [1.29, 1.82) is 0 Å². The number of aliphatic hydroxyl groups is 6. The van der Waals surface area contributed by atoms with Crippen molar-refractivity contribution in [3.63, 3.8) is 0 Å². The second kappa shape index (κ2) is 11.4. The van der Waals surface area contributed by atoms with E-state index >= 15 is 0 Å². The number of fused-ring (bicyclic) bond motifs is 1. The molecule has 0 bridgehead atoms. The van der Waals surface area contributed by atoms with Gasteiger partial charge in [-0.3, -0.25) is 0 Å². The Morgan fingerprint density at radius 3 is 2.27 bits per heavy atom. The van der Waals surface area contributed by atoms with Crippen molar-refractivity contribution in [2.45, 2.75) is 55.3 Å². The van der Waals surface area contributed by atoms with Gasteiger partial charge in [0.25, 0.3) is 0 Å². The number of benzene rings is 2. The van der Waals surface area contributed by atoms with Crippen LogP contribution >= 0.6 is 0 Å². The smallest absolute Gasteiger partial charge is 0.402 e. The highest BCUT2D eigenvalue weighted by atomic mass is 16.8. The predicted octanol–water partition coefficient (Wildman–Crippen LogP) is -1.15. The van der Waals surface area contributed by atoms with E-state index in [-0.39, 0.29) is 33.8 Å². The summed E-state index contributed by atoms with van der Waals surface area (Å²) in [7, 11) is 0. The van der Waals surface area contributed by atoms with E-state index in [0.29, 0.717) is 0 Å². The van der Waals surface area contributed by atoms with E-state index < -0.39 is 85.8 Å². The Morgan fingerprint density at radius 1 is 0.805 bits per heavy atom. The zero-order valence-electron chi connectivity index (χ0n) is 21.1. The monoisotopic (exact) mass is 581 g/mol. The quantitative estimate of drug-likeness (QED) is 0.122. The van der Waals surface area contributed by atoms with Crippen molar-refractivity contribution in [3.05, 3.63) is 36.4 Å². The number of rotatable bonds is 6. The first-order valence-electron chi connectivity index (χ1n) is 12.4. The molecule has 2 saturated heterocycles. The van der Waals surface area contributed by atoms with Crippen molar-refractivity contribution in [3.8, 4) is 40.1 Å². The van der Waals surface area contributed by atoms with Gasteiger partial charge in [0.1, 0.15) is 53.5 Å². The molecule has 15 heteroatoms. The Bertz CT molecular complexity index is 1400. The van der Waals surface area contributed by atoms with Crippen LogP contribution in [0.1, 0.15) is 0 Å². The van der Waals surface area contributed by atoms with E-state index in [9.17, 15) is 51.1 Å². The maximum absolute atomic E-state index is 10.9. The fraction of sp³-hybridized carbons (Fsp3) is 0.423. The minimum absolute atomic E-state index is 0.00950. The molecule has 222 valence electrons. The van der Waals surface area contributed by atoms with Crippen molar-refractivity contribution in [2.75, 3.05) is 13.2 Å². The standard InChI is InChI=1S/C26H28O15/c27-7-18-20(34)21(35)24(41-25-22(36)19(33)15(32)8-37-25)26(40-18)39-17-6-11-13(30)4-10(28)5-16(11)38-23(17)9-1-2-12(29)14(31)3-9/h1-6,15,18-22,24-27,32-36H,7-8H2,(H3-,28,29,30,31)/p+1/t15-,18+,19+,20-,21-,22-,24+,25+,26+/m0/s1. The number of hydrogen-bond acceptors (Lipinski definition) is 14. The molecule has 0 saturated carbocycles. The number of phenolic OH excluding ortho intramolecular Hbond substituents is 4. The van der Waals surface area contributed by atoms with Crippen LogP contribution in [0, 0.1) is 0 Å². The second-order valence-corrected chi connectivity index (χ2v) is 9.70. The molecule has 2 aliphatic heterocycles. The first-order valence-corrected chi connectivity index (χ1v) is 12.4. The van der Waals surface area contributed by atoms with Gasteiger partial charge in [-0.05, 0) is 12.1 Å². The van der Waals surface area contributed by atoms with E-state index in [2.05, 4.69) is 0 Å². The minimum atomic E-state index is -1.80. The van der Waals surface area contributed by atoms with Crippen LogP contribution in [-0.2, 0) is 14.2 Å². The third kappa shape index (κ3) is 5.54. The van der Waals surface area contributed by atoms with Gasteiger partial charge in [-0.2, -0.15) is 0 Å². The third-order valence-electron chi connectivity index (χ3n) is 6.87. The molecule has 10 N–H and O–H groups in total. The molecule has 3 heterocycles. The van der Waals surface area contributed by atoms with E-state index in [4.69, 9.17) is 23.4 Å². The molecule has 3 aromatic rings. The van der Waals surface area contributed by atoms with Gasteiger partial charge in [-0.15, -0.1) is 0 Å². The molecule has 0 unspecified atom stereocenters. The van der Waals surface area contributed by atoms with Gasteiger partial charge in [0.05, 0.1) is 24.8 Å². The molecular weight excluding hydrogens is 552 g/mol. The first kappa shape index (κ1) is 29.0. The maximum Gasteiger partial charge on any atom is 0.402 e. The molecule has 15 nitrogen and oxygen atoms in total. The molecule has 1 aromatic heterocycles. The average Bonchev–Trinajstić information content (AvgIpc) is 2.94. The van der Waals surface area contributed by atoms with Crippen molar-refractivity contribution in [1.82, 2.24) is 0 Å². The minimum Gasteiger partial charge on any atom is -0.507 e. The Morgan fingerprint density at radius 2 is 1.56 bits per heavy atom. The van der Waals surface area contributed by atoms with E-state index in [1.165, 1.54) is 24.3 Å². The lowest BCUT2D eigenvalue weighted by Crippen LogP contribution is -2.63. The van der Waals surface area contributed by atoms with Crippen molar-refractivity contribution < 1.29 is 74.4 Å². The van der Waals surface area contributed by atoms with Gasteiger partial charge in [-0.1, -0.05) is 0 Å². The number of ether oxygens (including phenoxy) is 4. The molecule has 2 aromatic carbocycles. The highest BCUT2D eigenvalue weighted by molar-refractivity contribution is 5.88. The SMILES string of the molecule is OC[C@H]1O[C@@H](Oc2cc3c(O)cc(O)cc3[o+]c2-c2ccc(O)c(O)c2)[C@H](O[C@H]2OC[C@H](O)[C@@H](O)[C@@H]2O)[C@@H](O)[C@H]1O. The highest BCUT2D eigenvalue weighted by Gasteiger charge is 2.50. The average molecular weight is 582 g/mol. The lowest BCUT2D eigenvalue weighted by Gasteiger charge is -2.44.